The number of sulfone groups is 1. The van der Waals surface area contributed by atoms with Crippen molar-refractivity contribution in [2.75, 3.05) is 12.3 Å². The molecule has 0 radical (unpaired) electrons. The van der Waals surface area contributed by atoms with Gasteiger partial charge in [0.15, 0.2) is 9.84 Å². The van der Waals surface area contributed by atoms with Crippen molar-refractivity contribution in [2.45, 2.75) is 32.1 Å². The molecule has 1 aromatic rings. The lowest BCUT2D eigenvalue weighted by Crippen LogP contribution is -2.33. The van der Waals surface area contributed by atoms with Crippen LogP contribution in [0.5, 0.6) is 0 Å². The van der Waals surface area contributed by atoms with E-state index >= 15 is 0 Å². The zero-order valence-electron chi connectivity index (χ0n) is 11.2. The van der Waals surface area contributed by atoms with Gasteiger partial charge in [-0.1, -0.05) is 36.8 Å². The molecule has 0 aromatic heterocycles. The molecule has 0 aliphatic carbocycles. The van der Waals surface area contributed by atoms with Crippen molar-refractivity contribution in [1.82, 2.24) is 5.32 Å². The van der Waals surface area contributed by atoms with Crippen molar-refractivity contribution >= 4 is 9.84 Å². The molecule has 3 nitrogen and oxygen atoms in total. The quantitative estimate of drug-likeness (QED) is 0.847. The third kappa shape index (κ3) is 2.75. The van der Waals surface area contributed by atoms with Crippen LogP contribution in [0.4, 0.5) is 0 Å². The molecule has 0 saturated carbocycles. The van der Waals surface area contributed by atoms with E-state index in [2.05, 4.69) is 5.32 Å². The number of rotatable bonds is 1. The highest BCUT2D eigenvalue weighted by Crippen LogP contribution is 2.26. The fourth-order valence-electron chi connectivity index (χ4n) is 2.47. The van der Waals surface area contributed by atoms with Gasteiger partial charge in [0.2, 0.25) is 0 Å². The largest absolute Gasteiger partial charge is 0.309 e. The summed E-state index contributed by atoms with van der Waals surface area (Å²) in [5.74, 6) is 0.455. The molecular weight excluding hydrogens is 246 g/mol. The van der Waals surface area contributed by atoms with E-state index in [1.165, 1.54) is 5.56 Å². The molecule has 1 N–H and O–H groups in total. The highest BCUT2D eigenvalue weighted by atomic mass is 32.2. The zero-order valence-corrected chi connectivity index (χ0v) is 12.0. The SMILES string of the molecule is Cc1ccc(C2NCC(C)CS(=O)(=O)C2C)cc1. The molecule has 1 aliphatic heterocycles. The molecular formula is C14H21NO2S. The van der Waals surface area contributed by atoms with E-state index in [1.807, 2.05) is 45.0 Å². The van der Waals surface area contributed by atoms with Crippen LogP contribution in [0.15, 0.2) is 24.3 Å². The van der Waals surface area contributed by atoms with Gasteiger partial charge in [-0.25, -0.2) is 8.42 Å². The van der Waals surface area contributed by atoms with Gasteiger partial charge in [0, 0.05) is 6.04 Å². The van der Waals surface area contributed by atoms with Crippen LogP contribution < -0.4 is 5.32 Å². The van der Waals surface area contributed by atoms with Crippen LogP contribution in [0.1, 0.15) is 31.0 Å². The predicted octanol–water partition coefficient (Wildman–Crippen LogP) is 2.08. The third-order valence-corrected chi connectivity index (χ3v) is 6.11. The van der Waals surface area contributed by atoms with E-state index in [0.717, 1.165) is 12.1 Å². The number of hydrogen-bond acceptors (Lipinski definition) is 3. The van der Waals surface area contributed by atoms with Crippen LogP contribution in [0.25, 0.3) is 0 Å². The third-order valence-electron chi connectivity index (χ3n) is 3.68. The molecule has 1 aliphatic rings. The second kappa shape index (κ2) is 5.02. The van der Waals surface area contributed by atoms with Gasteiger partial charge in [0.25, 0.3) is 0 Å². The summed E-state index contributed by atoms with van der Waals surface area (Å²) < 4.78 is 24.4. The Hall–Kier alpha value is -0.870. The molecule has 4 heteroatoms. The first-order valence-corrected chi connectivity index (χ1v) is 8.13. The smallest absolute Gasteiger partial charge is 0.155 e. The van der Waals surface area contributed by atoms with Crippen LogP contribution >= 0.6 is 0 Å². The number of benzene rings is 1. The summed E-state index contributed by atoms with van der Waals surface area (Å²) in [5, 5.41) is 3.02. The summed E-state index contributed by atoms with van der Waals surface area (Å²) in [6.45, 7) is 6.58. The number of hydrogen-bond donors (Lipinski definition) is 1. The highest BCUT2D eigenvalue weighted by molar-refractivity contribution is 7.92. The molecule has 3 unspecified atom stereocenters. The molecule has 1 fully saturated rings. The molecule has 2 rings (SSSR count). The standard InChI is InChI=1S/C14H21NO2S/c1-10-4-6-13(7-5-10)14-12(3)18(16,17)9-11(2)8-15-14/h4-7,11-12,14-15H,8-9H2,1-3H3. The topological polar surface area (TPSA) is 46.2 Å². The summed E-state index contributed by atoms with van der Waals surface area (Å²) in [7, 11) is -3.02. The van der Waals surface area contributed by atoms with Gasteiger partial charge in [-0.05, 0) is 31.9 Å². The molecule has 1 saturated heterocycles. The van der Waals surface area contributed by atoms with Gasteiger partial charge in [-0.15, -0.1) is 0 Å². The monoisotopic (exact) mass is 267 g/mol. The Morgan fingerprint density at radius 2 is 1.78 bits per heavy atom. The average Bonchev–Trinajstić information content (AvgIpc) is 2.39. The van der Waals surface area contributed by atoms with E-state index in [1.54, 1.807) is 0 Å². The zero-order chi connectivity index (χ0) is 13.3. The second-order valence-corrected chi connectivity index (χ2v) is 7.84. The Morgan fingerprint density at radius 1 is 1.17 bits per heavy atom. The Balaban J connectivity index is 2.34. The van der Waals surface area contributed by atoms with E-state index < -0.39 is 9.84 Å². The molecule has 1 aromatic carbocycles. The number of nitrogens with one attached hydrogen (secondary N) is 1. The van der Waals surface area contributed by atoms with Crippen molar-refractivity contribution in [2.24, 2.45) is 5.92 Å². The fraction of sp³-hybridized carbons (Fsp3) is 0.571. The normalized spacial score (nSPS) is 31.8. The van der Waals surface area contributed by atoms with Crippen LogP contribution in [0.3, 0.4) is 0 Å². The maximum absolute atomic E-state index is 12.2. The molecule has 0 amide bonds. The van der Waals surface area contributed by atoms with Crippen LogP contribution in [0, 0.1) is 12.8 Å². The van der Waals surface area contributed by atoms with Gasteiger partial charge < -0.3 is 5.32 Å². The van der Waals surface area contributed by atoms with Crippen molar-refractivity contribution in [3.8, 4) is 0 Å². The molecule has 1 heterocycles. The van der Waals surface area contributed by atoms with E-state index in [9.17, 15) is 8.42 Å². The minimum atomic E-state index is -3.02. The lowest BCUT2D eigenvalue weighted by Gasteiger charge is -2.22. The minimum absolute atomic E-state index is 0.0967. The van der Waals surface area contributed by atoms with Gasteiger partial charge in [0.1, 0.15) is 0 Å². The summed E-state index contributed by atoms with van der Waals surface area (Å²) >= 11 is 0. The molecule has 3 atom stereocenters. The molecule has 18 heavy (non-hydrogen) atoms. The second-order valence-electron chi connectivity index (χ2n) is 5.44. The van der Waals surface area contributed by atoms with E-state index in [-0.39, 0.29) is 23.0 Å². The molecule has 0 bridgehead atoms. The van der Waals surface area contributed by atoms with Crippen LogP contribution in [0.2, 0.25) is 0 Å². The molecule has 100 valence electrons. The first-order chi connectivity index (χ1) is 8.40. The minimum Gasteiger partial charge on any atom is -0.309 e. The van der Waals surface area contributed by atoms with Crippen LogP contribution in [-0.4, -0.2) is 26.0 Å². The maximum Gasteiger partial charge on any atom is 0.155 e. The van der Waals surface area contributed by atoms with Crippen molar-refractivity contribution in [1.29, 1.82) is 0 Å². The van der Waals surface area contributed by atoms with Crippen LogP contribution in [-0.2, 0) is 9.84 Å². The van der Waals surface area contributed by atoms with Crippen molar-refractivity contribution < 1.29 is 8.42 Å². The average molecular weight is 267 g/mol. The van der Waals surface area contributed by atoms with Gasteiger partial charge >= 0.3 is 0 Å². The van der Waals surface area contributed by atoms with Gasteiger partial charge in [-0.2, -0.15) is 0 Å². The molecule has 0 spiro atoms. The summed E-state index contributed by atoms with van der Waals surface area (Å²) in [5.41, 5.74) is 2.25. The predicted molar refractivity (Wildman–Crippen MR) is 74.3 cm³/mol. The lowest BCUT2D eigenvalue weighted by atomic mass is 10.0. The van der Waals surface area contributed by atoms with E-state index in [0.29, 0.717) is 0 Å². The fourth-order valence-corrected chi connectivity index (χ4v) is 4.35. The maximum atomic E-state index is 12.2. The van der Waals surface area contributed by atoms with Gasteiger partial charge in [-0.3, -0.25) is 0 Å². The Bertz CT molecular complexity index is 507. The first-order valence-electron chi connectivity index (χ1n) is 6.41. The summed E-state index contributed by atoms with van der Waals surface area (Å²) in [4.78, 5) is 0. The Labute approximate surface area is 110 Å². The first kappa shape index (κ1) is 13.6. The summed E-state index contributed by atoms with van der Waals surface area (Å²) in [6.07, 6.45) is 0. The highest BCUT2D eigenvalue weighted by Gasteiger charge is 2.34. The van der Waals surface area contributed by atoms with Gasteiger partial charge in [0.05, 0.1) is 11.0 Å². The van der Waals surface area contributed by atoms with Crippen molar-refractivity contribution in [3.05, 3.63) is 35.4 Å². The number of aryl methyl sites for hydroxylation is 1. The Morgan fingerprint density at radius 3 is 2.39 bits per heavy atom. The Kier molecular flexibility index (Phi) is 3.78. The lowest BCUT2D eigenvalue weighted by molar-refractivity contribution is 0.487. The van der Waals surface area contributed by atoms with Crippen molar-refractivity contribution in [3.63, 3.8) is 0 Å². The van der Waals surface area contributed by atoms with E-state index in [4.69, 9.17) is 0 Å². The summed E-state index contributed by atoms with van der Waals surface area (Å²) in [6, 6.07) is 8.01.